The van der Waals surface area contributed by atoms with Gasteiger partial charge in [-0.05, 0) is 12.1 Å². The van der Waals surface area contributed by atoms with Crippen molar-refractivity contribution < 1.29 is 54.1 Å². The fourth-order valence-electron chi connectivity index (χ4n) is 1.22. The predicted octanol–water partition coefficient (Wildman–Crippen LogP) is -1.33. The Labute approximate surface area is 146 Å². The first-order valence-corrected chi connectivity index (χ1v) is 7.92. The summed E-state index contributed by atoms with van der Waals surface area (Å²) in [5.74, 6) is -5.02. The van der Waals surface area contributed by atoms with Crippen LogP contribution in [-0.4, -0.2) is 58.6 Å². The molecular formula is C12H19N2O11P. The fraction of sp³-hybridized carbons (Fsp3) is 0.250. The minimum Gasteiger partial charge on any atom is -0.481 e. The molecule has 0 aliphatic rings. The number of rotatable bonds is 5. The molecule has 1 rings (SSSR count). The molecule has 0 aliphatic heterocycles. The van der Waals surface area contributed by atoms with Crippen LogP contribution < -0.4 is 11.5 Å². The van der Waals surface area contributed by atoms with Crippen LogP contribution in [0.5, 0.6) is 0 Å². The second kappa shape index (κ2) is 11.0. The van der Waals surface area contributed by atoms with E-state index in [0.29, 0.717) is 11.4 Å². The van der Waals surface area contributed by atoms with Crippen molar-refractivity contribution in [3.8, 4) is 0 Å². The molecule has 0 saturated carbocycles. The molecule has 0 saturated heterocycles. The molecule has 0 spiro atoms. The molecule has 13 nitrogen and oxygen atoms in total. The summed E-state index contributed by atoms with van der Waals surface area (Å²) in [6, 6.07) is 7.25. The van der Waals surface area contributed by atoms with Crippen LogP contribution >= 0.6 is 7.82 Å². The second-order valence-electron chi connectivity index (χ2n) is 4.62. The van der Waals surface area contributed by atoms with Crippen LogP contribution in [0.4, 0.5) is 11.4 Å². The maximum atomic E-state index is 10.3. The normalized spacial score (nSPS) is 10.5. The Morgan fingerprint density at radius 1 is 0.885 bits per heavy atom. The first kappa shape index (κ1) is 25.5. The van der Waals surface area contributed by atoms with Crippen LogP contribution in [0, 0.1) is 0 Å². The lowest BCUT2D eigenvalue weighted by Crippen LogP contribution is -2.42. The molecule has 1 aromatic carbocycles. The molecule has 0 radical (unpaired) electrons. The smallest absolute Gasteiger partial charge is 0.466 e. The van der Waals surface area contributed by atoms with Gasteiger partial charge in [0, 0.05) is 0 Å². The average Bonchev–Trinajstić information content (AvgIpc) is 2.39. The van der Waals surface area contributed by atoms with Gasteiger partial charge in [-0.3, -0.25) is 9.59 Å². The molecule has 0 aromatic heterocycles. The SMILES string of the molecule is Nc1ccccc1N.O=C(O)CC(O)(CC(=O)O)C(=O)O.O=P(O)(O)O. The highest BCUT2D eigenvalue weighted by atomic mass is 31.2. The monoisotopic (exact) mass is 398 g/mol. The standard InChI is InChI=1S/C6H8N2.C6H8O7.H3O4P/c7-5-3-1-2-4-6(5)8;7-3(8)1-6(13,5(11)12)2-4(9)10;1-5(2,3)4/h1-4H,7-8H2;13H,1-2H2,(H,7,8)(H,9,10)(H,11,12);(H3,1,2,3,4). The molecule has 0 fully saturated rings. The van der Waals surface area contributed by atoms with Gasteiger partial charge in [-0.25, -0.2) is 9.36 Å². The summed E-state index contributed by atoms with van der Waals surface area (Å²) in [5.41, 5.74) is 9.34. The van der Waals surface area contributed by atoms with E-state index in [1.165, 1.54) is 0 Å². The molecule has 0 amide bonds. The van der Waals surface area contributed by atoms with Gasteiger partial charge in [-0.1, -0.05) is 12.1 Å². The van der Waals surface area contributed by atoms with E-state index < -0.39 is 44.2 Å². The van der Waals surface area contributed by atoms with Crippen LogP contribution in [0.15, 0.2) is 24.3 Å². The van der Waals surface area contributed by atoms with E-state index in [2.05, 4.69) is 0 Å². The van der Waals surface area contributed by atoms with Crippen LogP contribution in [-0.2, 0) is 18.9 Å². The number of carbonyl (C=O) groups is 3. The van der Waals surface area contributed by atoms with Crippen molar-refractivity contribution in [1.82, 2.24) is 0 Å². The topological polar surface area (TPSA) is 262 Å². The van der Waals surface area contributed by atoms with Crippen LogP contribution in [0.1, 0.15) is 12.8 Å². The number of para-hydroxylation sites is 2. The third kappa shape index (κ3) is 14.9. The number of aliphatic carboxylic acids is 3. The molecule has 0 atom stereocenters. The van der Waals surface area contributed by atoms with Gasteiger partial charge >= 0.3 is 25.7 Å². The number of nitrogen functional groups attached to an aromatic ring is 2. The minimum atomic E-state index is -4.64. The first-order valence-electron chi connectivity index (χ1n) is 6.36. The van der Waals surface area contributed by atoms with E-state index in [9.17, 15) is 14.4 Å². The lowest BCUT2D eigenvalue weighted by Gasteiger charge is -2.18. The van der Waals surface area contributed by atoms with Crippen molar-refractivity contribution in [1.29, 1.82) is 0 Å². The Hall–Kier alpha value is -2.70. The summed E-state index contributed by atoms with van der Waals surface area (Å²) in [6.45, 7) is 0. The van der Waals surface area contributed by atoms with Crippen molar-refractivity contribution in [2.24, 2.45) is 0 Å². The Morgan fingerprint density at radius 2 is 1.15 bits per heavy atom. The quantitative estimate of drug-likeness (QED) is 0.206. The fourth-order valence-corrected chi connectivity index (χ4v) is 1.22. The van der Waals surface area contributed by atoms with Gasteiger partial charge in [-0.2, -0.15) is 0 Å². The average molecular weight is 398 g/mol. The summed E-state index contributed by atoms with van der Waals surface area (Å²) >= 11 is 0. The molecule has 11 N–H and O–H groups in total. The number of hydrogen-bond donors (Lipinski definition) is 9. The van der Waals surface area contributed by atoms with Crippen molar-refractivity contribution >= 4 is 37.1 Å². The number of carboxylic acid groups (broad SMARTS) is 3. The zero-order chi connectivity index (χ0) is 21.1. The molecule has 26 heavy (non-hydrogen) atoms. The van der Waals surface area contributed by atoms with Gasteiger partial charge in [0.1, 0.15) is 0 Å². The van der Waals surface area contributed by atoms with Crippen LogP contribution in [0.2, 0.25) is 0 Å². The number of nitrogens with two attached hydrogens (primary N) is 2. The highest BCUT2D eigenvalue weighted by Crippen LogP contribution is 2.25. The largest absolute Gasteiger partial charge is 0.481 e. The summed E-state index contributed by atoms with van der Waals surface area (Å²) < 4.78 is 8.88. The molecule has 0 aliphatic carbocycles. The highest BCUT2D eigenvalue weighted by molar-refractivity contribution is 7.45. The molecule has 14 heteroatoms. The lowest BCUT2D eigenvalue weighted by molar-refractivity contribution is -0.170. The number of phosphoric acid groups is 1. The molecule has 1 aromatic rings. The van der Waals surface area contributed by atoms with E-state index >= 15 is 0 Å². The van der Waals surface area contributed by atoms with Gasteiger partial charge in [0.15, 0.2) is 5.60 Å². The van der Waals surface area contributed by atoms with Gasteiger partial charge < -0.3 is 46.6 Å². The number of hydrogen-bond acceptors (Lipinski definition) is 7. The van der Waals surface area contributed by atoms with Crippen LogP contribution in [0.3, 0.4) is 0 Å². The number of carboxylic acids is 3. The van der Waals surface area contributed by atoms with Crippen molar-refractivity contribution in [2.45, 2.75) is 18.4 Å². The van der Waals surface area contributed by atoms with Crippen molar-refractivity contribution in [2.75, 3.05) is 11.5 Å². The number of benzene rings is 1. The minimum absolute atomic E-state index is 0.646. The number of aliphatic hydroxyl groups is 1. The Balaban J connectivity index is 0. The van der Waals surface area contributed by atoms with E-state index in [1.54, 1.807) is 12.1 Å². The Morgan fingerprint density at radius 3 is 1.31 bits per heavy atom. The van der Waals surface area contributed by atoms with Crippen molar-refractivity contribution in [3.63, 3.8) is 0 Å². The maximum absolute atomic E-state index is 10.3. The van der Waals surface area contributed by atoms with Crippen molar-refractivity contribution in [3.05, 3.63) is 24.3 Å². The van der Waals surface area contributed by atoms with Gasteiger partial charge in [0.2, 0.25) is 0 Å². The van der Waals surface area contributed by atoms with Crippen LogP contribution in [0.25, 0.3) is 0 Å². The first-order chi connectivity index (χ1) is 11.6. The predicted molar refractivity (Wildman–Crippen MR) is 86.6 cm³/mol. The summed E-state index contributed by atoms with van der Waals surface area (Å²) in [5, 5.41) is 33.8. The van der Waals surface area contributed by atoms with Gasteiger partial charge in [0.25, 0.3) is 0 Å². The lowest BCUT2D eigenvalue weighted by atomic mass is 9.96. The Bertz CT molecular complexity index is 628. The molecular weight excluding hydrogens is 379 g/mol. The number of anilines is 2. The third-order valence-electron chi connectivity index (χ3n) is 2.28. The molecule has 0 heterocycles. The summed E-state index contributed by atoms with van der Waals surface area (Å²) in [4.78, 5) is 52.0. The molecule has 148 valence electrons. The maximum Gasteiger partial charge on any atom is 0.466 e. The zero-order valence-electron chi connectivity index (χ0n) is 13.1. The second-order valence-corrected chi connectivity index (χ2v) is 5.65. The van der Waals surface area contributed by atoms with Gasteiger partial charge in [-0.15, -0.1) is 0 Å². The van der Waals surface area contributed by atoms with Gasteiger partial charge in [0.05, 0.1) is 24.2 Å². The summed E-state index contributed by atoms with van der Waals surface area (Å²) in [6.07, 6.45) is -2.29. The highest BCUT2D eigenvalue weighted by Gasteiger charge is 2.40. The van der Waals surface area contributed by atoms with E-state index in [0.717, 1.165) is 0 Å². The third-order valence-corrected chi connectivity index (χ3v) is 2.28. The molecule has 0 unspecified atom stereocenters. The zero-order valence-corrected chi connectivity index (χ0v) is 14.0. The van der Waals surface area contributed by atoms with E-state index in [1.807, 2.05) is 12.1 Å². The Kier molecular flexibility index (Phi) is 10.8. The van der Waals surface area contributed by atoms with E-state index in [-0.39, 0.29) is 0 Å². The molecule has 0 bridgehead atoms. The summed E-state index contributed by atoms with van der Waals surface area (Å²) in [7, 11) is -4.64. The van der Waals surface area contributed by atoms with E-state index in [4.69, 9.17) is 51.1 Å².